The van der Waals surface area contributed by atoms with Gasteiger partial charge >= 0.3 is 5.97 Å². The molecule has 2 saturated heterocycles. The van der Waals surface area contributed by atoms with Gasteiger partial charge in [-0.05, 0) is 32.7 Å². The molecular weight excluding hydrogens is 414 g/mol. The normalized spacial score (nSPS) is 37.3. The number of β-lactam (4-membered cyclic amide) rings is 1. The zero-order valence-electron chi connectivity index (χ0n) is 17.4. The van der Waals surface area contributed by atoms with Crippen LogP contribution < -0.4 is 0 Å². The third-order valence-corrected chi connectivity index (χ3v) is 8.76. The van der Waals surface area contributed by atoms with Crippen LogP contribution in [0.5, 0.6) is 0 Å². The minimum atomic E-state index is -2.59. The molecule has 1 saturated carbocycles. The minimum Gasteiger partial charge on any atom is -0.477 e. The Morgan fingerprint density at radius 3 is 2.70 bits per heavy atom. The maximum Gasteiger partial charge on any atom is 0.353 e. The zero-order chi connectivity index (χ0) is 21.8. The predicted octanol–water partition coefficient (Wildman–Crippen LogP) is 2.77. The van der Waals surface area contributed by atoms with Crippen LogP contribution in [0.3, 0.4) is 0 Å². The number of aliphatic carboxylic acids is 1. The molecule has 1 aliphatic carbocycles. The number of nitrogens with zero attached hydrogens (tertiary/aromatic N) is 2. The zero-order valence-corrected chi connectivity index (χ0v) is 18.2. The molecule has 6 nitrogen and oxygen atoms in total. The van der Waals surface area contributed by atoms with Gasteiger partial charge in [0.15, 0.2) is 0 Å². The number of rotatable bonds is 6. The third kappa shape index (κ3) is 3.66. The van der Waals surface area contributed by atoms with Gasteiger partial charge in [-0.2, -0.15) is 0 Å². The molecule has 3 heterocycles. The lowest BCUT2D eigenvalue weighted by Crippen LogP contribution is -2.63. The molecule has 0 bridgehead atoms. The fourth-order valence-corrected chi connectivity index (χ4v) is 7.14. The second-order valence-electron chi connectivity index (χ2n) is 9.26. The quantitative estimate of drug-likeness (QED) is 0.614. The van der Waals surface area contributed by atoms with E-state index in [0.29, 0.717) is 30.8 Å². The van der Waals surface area contributed by atoms with Crippen LogP contribution in [-0.2, 0) is 9.59 Å². The lowest BCUT2D eigenvalue weighted by Gasteiger charge is -2.46. The Labute approximate surface area is 179 Å². The number of carbonyl (C=O) groups excluding carboxylic acids is 1. The molecule has 3 aliphatic heterocycles. The SMILES string of the molecule is C[C@@H](O)[C@H]1C(=O)N2C(C(=O)O)=C(S[C@@H]3CCN(CC4CCCCC4(F)F)C3)[C@H](C)[C@H]12. The number of carboxylic acid groups (broad SMARTS) is 1. The lowest BCUT2D eigenvalue weighted by molar-refractivity contribution is -0.163. The topological polar surface area (TPSA) is 81.1 Å². The van der Waals surface area contributed by atoms with E-state index in [1.807, 2.05) is 6.92 Å². The van der Waals surface area contributed by atoms with Gasteiger partial charge in [0, 0.05) is 41.5 Å². The molecule has 0 spiro atoms. The summed E-state index contributed by atoms with van der Waals surface area (Å²) in [5.74, 6) is -5.37. The summed E-state index contributed by atoms with van der Waals surface area (Å²) in [6.45, 7) is 5.25. The van der Waals surface area contributed by atoms with E-state index in [4.69, 9.17) is 0 Å². The summed E-state index contributed by atoms with van der Waals surface area (Å²) in [6.07, 6.45) is 1.98. The second kappa shape index (κ2) is 8.06. The molecule has 0 aromatic carbocycles. The molecular formula is C21H30F2N2O4S. The van der Waals surface area contributed by atoms with Gasteiger partial charge in [-0.1, -0.05) is 13.3 Å². The molecule has 4 rings (SSSR count). The standard InChI is InChI=1S/C21H30F2N2O4S/c1-11-16-15(12(2)26)19(27)25(16)17(20(28)29)18(11)30-14-6-8-24(10-14)9-13-5-3-4-7-21(13,22)23/h11-16,26H,3-10H2,1-2H3,(H,28,29)/t11-,12-,13?,14-,15-,16-/m1/s1. The van der Waals surface area contributed by atoms with Crippen LogP contribution >= 0.6 is 11.8 Å². The van der Waals surface area contributed by atoms with Gasteiger partial charge in [0.2, 0.25) is 5.91 Å². The highest BCUT2D eigenvalue weighted by Gasteiger charge is 2.60. The van der Waals surface area contributed by atoms with Crippen LogP contribution in [0.15, 0.2) is 10.6 Å². The Kier molecular flexibility index (Phi) is 5.91. The summed E-state index contributed by atoms with van der Waals surface area (Å²) in [5.41, 5.74) is 0.0386. The first kappa shape index (κ1) is 22.0. The van der Waals surface area contributed by atoms with Gasteiger partial charge in [0.05, 0.1) is 18.1 Å². The summed E-state index contributed by atoms with van der Waals surface area (Å²) in [5, 5.41) is 19.8. The average molecular weight is 445 g/mol. The molecule has 168 valence electrons. The molecule has 1 amide bonds. The number of fused-ring (bicyclic) bond motifs is 1. The van der Waals surface area contributed by atoms with Crippen LogP contribution in [0.25, 0.3) is 0 Å². The number of thioether (sulfide) groups is 1. The fourth-order valence-electron chi connectivity index (χ4n) is 5.62. The summed E-state index contributed by atoms with van der Waals surface area (Å²) in [7, 11) is 0. The van der Waals surface area contributed by atoms with Gasteiger partial charge in [-0.25, -0.2) is 13.6 Å². The predicted molar refractivity (Wildman–Crippen MR) is 109 cm³/mol. The van der Waals surface area contributed by atoms with E-state index in [0.717, 1.165) is 19.4 Å². The molecule has 2 N–H and O–H groups in total. The van der Waals surface area contributed by atoms with Gasteiger partial charge in [0.25, 0.3) is 5.92 Å². The maximum atomic E-state index is 14.2. The van der Waals surface area contributed by atoms with Crippen molar-refractivity contribution >= 4 is 23.6 Å². The van der Waals surface area contributed by atoms with E-state index in [-0.39, 0.29) is 35.2 Å². The molecule has 30 heavy (non-hydrogen) atoms. The number of halogens is 2. The molecule has 0 aromatic heterocycles. The number of aliphatic hydroxyl groups excluding tert-OH is 1. The van der Waals surface area contributed by atoms with E-state index in [1.54, 1.807) is 6.92 Å². The van der Waals surface area contributed by atoms with Crippen molar-refractivity contribution in [1.29, 1.82) is 0 Å². The summed E-state index contributed by atoms with van der Waals surface area (Å²) in [4.78, 5) is 28.5. The number of carboxylic acids is 1. The molecule has 1 unspecified atom stereocenters. The Hall–Kier alpha value is -1.19. The first-order chi connectivity index (χ1) is 14.1. The number of aliphatic hydroxyl groups is 1. The van der Waals surface area contributed by atoms with E-state index < -0.39 is 29.8 Å². The molecule has 3 fully saturated rings. The summed E-state index contributed by atoms with van der Waals surface area (Å²) >= 11 is 1.48. The van der Waals surface area contributed by atoms with Crippen LogP contribution in [0.1, 0.15) is 46.0 Å². The largest absolute Gasteiger partial charge is 0.477 e. The van der Waals surface area contributed by atoms with Crippen molar-refractivity contribution in [2.75, 3.05) is 19.6 Å². The summed E-state index contributed by atoms with van der Waals surface area (Å²) < 4.78 is 28.4. The van der Waals surface area contributed by atoms with Crippen LogP contribution in [-0.4, -0.2) is 74.8 Å². The van der Waals surface area contributed by atoms with Crippen molar-refractivity contribution in [2.24, 2.45) is 17.8 Å². The van der Waals surface area contributed by atoms with E-state index in [2.05, 4.69) is 4.90 Å². The van der Waals surface area contributed by atoms with Crippen molar-refractivity contribution in [1.82, 2.24) is 9.80 Å². The van der Waals surface area contributed by atoms with E-state index >= 15 is 0 Å². The third-order valence-electron chi connectivity index (χ3n) is 7.22. The van der Waals surface area contributed by atoms with Crippen molar-refractivity contribution in [3.8, 4) is 0 Å². The Morgan fingerprint density at radius 2 is 2.07 bits per heavy atom. The highest BCUT2D eigenvalue weighted by Crippen LogP contribution is 2.52. The molecule has 4 aliphatic rings. The Balaban J connectivity index is 1.43. The number of hydrogen-bond acceptors (Lipinski definition) is 5. The van der Waals surface area contributed by atoms with Gasteiger partial charge in [-0.3, -0.25) is 4.79 Å². The Bertz CT molecular complexity index is 759. The number of alkyl halides is 2. The fraction of sp³-hybridized carbons (Fsp3) is 0.810. The maximum absolute atomic E-state index is 14.2. The molecule has 0 radical (unpaired) electrons. The lowest BCUT2D eigenvalue weighted by atomic mass is 9.79. The highest BCUT2D eigenvalue weighted by molar-refractivity contribution is 8.03. The van der Waals surface area contributed by atoms with Crippen molar-refractivity contribution in [3.05, 3.63) is 10.6 Å². The van der Waals surface area contributed by atoms with Gasteiger partial charge in [0.1, 0.15) is 5.70 Å². The monoisotopic (exact) mass is 444 g/mol. The number of carbonyl (C=O) groups is 2. The van der Waals surface area contributed by atoms with Crippen LogP contribution in [0, 0.1) is 17.8 Å². The second-order valence-corrected chi connectivity index (χ2v) is 10.6. The number of amides is 1. The number of likely N-dealkylation sites (tertiary alicyclic amines) is 1. The van der Waals surface area contributed by atoms with Crippen molar-refractivity contribution in [2.45, 2.75) is 69.3 Å². The Morgan fingerprint density at radius 1 is 1.33 bits per heavy atom. The van der Waals surface area contributed by atoms with E-state index in [1.165, 1.54) is 16.7 Å². The highest BCUT2D eigenvalue weighted by atomic mass is 32.2. The molecule has 0 aromatic rings. The van der Waals surface area contributed by atoms with Crippen molar-refractivity contribution in [3.63, 3.8) is 0 Å². The van der Waals surface area contributed by atoms with E-state index in [9.17, 15) is 28.6 Å². The van der Waals surface area contributed by atoms with Gasteiger partial charge < -0.3 is 20.0 Å². The van der Waals surface area contributed by atoms with Crippen LogP contribution in [0.2, 0.25) is 0 Å². The molecule has 6 atom stereocenters. The average Bonchev–Trinajstić information content (AvgIpc) is 3.18. The summed E-state index contributed by atoms with van der Waals surface area (Å²) in [6, 6.07) is -0.315. The first-order valence-corrected chi connectivity index (χ1v) is 11.7. The first-order valence-electron chi connectivity index (χ1n) is 10.9. The smallest absolute Gasteiger partial charge is 0.353 e. The minimum absolute atomic E-state index is 0.0221. The van der Waals surface area contributed by atoms with Crippen LogP contribution in [0.4, 0.5) is 8.78 Å². The number of hydrogen-bond donors (Lipinski definition) is 2. The van der Waals surface area contributed by atoms with Gasteiger partial charge in [-0.15, -0.1) is 11.8 Å². The van der Waals surface area contributed by atoms with Crippen molar-refractivity contribution < 1.29 is 28.6 Å². The molecule has 9 heteroatoms.